The Morgan fingerprint density at radius 1 is 1.27 bits per heavy atom. The molecule has 1 unspecified atom stereocenters. The van der Waals surface area contributed by atoms with E-state index >= 15 is 0 Å². The third-order valence-electron chi connectivity index (χ3n) is 4.70. The molecular weight excluding hydrogens is 278 g/mol. The predicted molar refractivity (Wildman–Crippen MR) is 81.8 cm³/mol. The number of benzene rings is 1. The second-order valence-corrected chi connectivity index (χ2v) is 6.20. The maximum Gasteiger partial charge on any atom is 0.227 e. The van der Waals surface area contributed by atoms with Crippen LogP contribution in [0.3, 0.4) is 0 Å². The first-order valence-electron chi connectivity index (χ1n) is 7.93. The van der Waals surface area contributed by atoms with E-state index in [1.54, 1.807) is 6.92 Å². The topological polar surface area (TPSA) is 59.2 Å². The summed E-state index contributed by atoms with van der Waals surface area (Å²) in [5, 5.41) is 3.98. The van der Waals surface area contributed by atoms with E-state index in [4.69, 9.17) is 4.52 Å². The first kappa shape index (κ1) is 13.5. The molecule has 22 heavy (non-hydrogen) atoms. The zero-order chi connectivity index (χ0) is 15.1. The van der Waals surface area contributed by atoms with Crippen LogP contribution < -0.4 is 4.90 Å². The number of anilines is 1. The fourth-order valence-corrected chi connectivity index (χ4v) is 3.61. The molecule has 1 aromatic carbocycles. The van der Waals surface area contributed by atoms with Crippen LogP contribution in [-0.2, 0) is 17.6 Å². The largest absolute Gasteiger partial charge is 0.340 e. The number of nitrogens with zero attached hydrogens (tertiary/aromatic N) is 3. The number of carbonyl (C=O) groups is 1. The summed E-state index contributed by atoms with van der Waals surface area (Å²) in [5.74, 6) is 1.40. The Labute approximate surface area is 129 Å². The van der Waals surface area contributed by atoms with Gasteiger partial charge in [0.1, 0.15) is 0 Å². The molecule has 1 atom stereocenters. The van der Waals surface area contributed by atoms with Crippen molar-refractivity contribution in [2.75, 3.05) is 11.4 Å². The molecule has 2 aromatic rings. The summed E-state index contributed by atoms with van der Waals surface area (Å²) in [7, 11) is 0. The lowest BCUT2D eigenvalue weighted by molar-refractivity contribution is -0.117. The van der Waals surface area contributed by atoms with Gasteiger partial charge in [-0.05, 0) is 42.9 Å². The standard InChI is InChI=1S/C17H19N3O2/c1-11-18-17(19-22-11)13-9-16(21)20(10-13)15-8-4-6-12-5-2-3-7-14(12)15/h4,6,8,13H,2-3,5,7,9-10H2,1H3. The minimum absolute atomic E-state index is 0.0318. The van der Waals surface area contributed by atoms with Gasteiger partial charge in [0, 0.05) is 31.5 Å². The lowest BCUT2D eigenvalue weighted by Crippen LogP contribution is -2.26. The Balaban J connectivity index is 1.65. The number of rotatable bonds is 2. The molecule has 0 saturated carbocycles. The smallest absolute Gasteiger partial charge is 0.227 e. The molecule has 5 heteroatoms. The van der Waals surface area contributed by atoms with Crippen LogP contribution in [0.4, 0.5) is 5.69 Å². The number of amides is 1. The van der Waals surface area contributed by atoms with Gasteiger partial charge in [-0.25, -0.2) is 0 Å². The van der Waals surface area contributed by atoms with E-state index in [1.807, 2.05) is 4.90 Å². The highest BCUT2D eigenvalue weighted by atomic mass is 16.5. The fraction of sp³-hybridized carbons (Fsp3) is 0.471. The van der Waals surface area contributed by atoms with Gasteiger partial charge in [-0.1, -0.05) is 17.3 Å². The Morgan fingerprint density at radius 2 is 2.14 bits per heavy atom. The van der Waals surface area contributed by atoms with Crippen molar-refractivity contribution in [2.24, 2.45) is 0 Å². The van der Waals surface area contributed by atoms with Gasteiger partial charge < -0.3 is 9.42 Å². The van der Waals surface area contributed by atoms with Crippen LogP contribution in [-0.4, -0.2) is 22.6 Å². The molecule has 0 bridgehead atoms. The summed E-state index contributed by atoms with van der Waals surface area (Å²) in [5.41, 5.74) is 3.84. The second-order valence-electron chi connectivity index (χ2n) is 6.20. The van der Waals surface area contributed by atoms with E-state index in [2.05, 4.69) is 28.3 Å². The molecule has 0 N–H and O–H groups in total. The lowest BCUT2D eigenvalue weighted by Gasteiger charge is -2.25. The number of hydrogen-bond donors (Lipinski definition) is 0. The van der Waals surface area contributed by atoms with Crippen molar-refractivity contribution in [1.29, 1.82) is 0 Å². The molecular formula is C17H19N3O2. The van der Waals surface area contributed by atoms with E-state index < -0.39 is 0 Å². The van der Waals surface area contributed by atoms with E-state index in [-0.39, 0.29) is 11.8 Å². The van der Waals surface area contributed by atoms with Gasteiger partial charge in [0.15, 0.2) is 5.82 Å². The van der Waals surface area contributed by atoms with Crippen molar-refractivity contribution in [3.63, 3.8) is 0 Å². The Bertz CT molecular complexity index is 722. The van der Waals surface area contributed by atoms with Crippen LogP contribution in [0.2, 0.25) is 0 Å². The highest BCUT2D eigenvalue weighted by Crippen LogP contribution is 2.36. The average Bonchev–Trinajstić information content (AvgIpc) is 3.13. The minimum Gasteiger partial charge on any atom is -0.340 e. The van der Waals surface area contributed by atoms with Crippen LogP contribution in [0.5, 0.6) is 0 Å². The number of aryl methyl sites for hydroxylation is 2. The summed E-state index contributed by atoms with van der Waals surface area (Å²) >= 11 is 0. The second kappa shape index (κ2) is 5.23. The van der Waals surface area contributed by atoms with Gasteiger partial charge in [0.05, 0.1) is 0 Å². The number of fused-ring (bicyclic) bond motifs is 1. The average molecular weight is 297 g/mol. The summed E-state index contributed by atoms with van der Waals surface area (Å²) in [6.45, 7) is 2.42. The highest BCUT2D eigenvalue weighted by molar-refractivity contribution is 5.97. The van der Waals surface area contributed by atoms with Crippen LogP contribution >= 0.6 is 0 Å². The van der Waals surface area contributed by atoms with E-state index in [0.717, 1.165) is 18.5 Å². The van der Waals surface area contributed by atoms with Gasteiger partial charge in [0.2, 0.25) is 11.8 Å². The van der Waals surface area contributed by atoms with Crippen LogP contribution in [0.1, 0.15) is 48.0 Å². The van der Waals surface area contributed by atoms with Gasteiger partial charge in [0.25, 0.3) is 0 Å². The molecule has 1 amide bonds. The van der Waals surface area contributed by atoms with Crippen molar-refractivity contribution in [3.8, 4) is 0 Å². The van der Waals surface area contributed by atoms with Crippen LogP contribution in [0.25, 0.3) is 0 Å². The van der Waals surface area contributed by atoms with E-state index in [0.29, 0.717) is 24.7 Å². The molecule has 2 aliphatic rings. The monoisotopic (exact) mass is 297 g/mol. The minimum atomic E-state index is 0.0318. The van der Waals surface area contributed by atoms with Crippen LogP contribution in [0, 0.1) is 6.92 Å². The van der Waals surface area contributed by atoms with E-state index in [1.165, 1.54) is 24.0 Å². The molecule has 5 nitrogen and oxygen atoms in total. The summed E-state index contributed by atoms with van der Waals surface area (Å²) in [4.78, 5) is 18.7. The van der Waals surface area contributed by atoms with Crippen molar-refractivity contribution >= 4 is 11.6 Å². The number of aromatic nitrogens is 2. The first-order valence-corrected chi connectivity index (χ1v) is 7.93. The van der Waals surface area contributed by atoms with E-state index in [9.17, 15) is 4.79 Å². The quantitative estimate of drug-likeness (QED) is 0.855. The molecule has 1 fully saturated rings. The zero-order valence-corrected chi connectivity index (χ0v) is 12.7. The maximum absolute atomic E-state index is 12.5. The molecule has 2 heterocycles. The van der Waals surface area contributed by atoms with Crippen molar-refractivity contribution in [2.45, 2.75) is 44.9 Å². The van der Waals surface area contributed by atoms with Crippen molar-refractivity contribution in [3.05, 3.63) is 41.0 Å². The summed E-state index contributed by atoms with van der Waals surface area (Å²) in [6, 6.07) is 6.34. The first-order chi connectivity index (χ1) is 10.7. The van der Waals surface area contributed by atoms with Gasteiger partial charge in [-0.15, -0.1) is 0 Å². The third-order valence-corrected chi connectivity index (χ3v) is 4.70. The fourth-order valence-electron chi connectivity index (χ4n) is 3.61. The van der Waals surface area contributed by atoms with Crippen LogP contribution in [0.15, 0.2) is 22.7 Å². The summed E-state index contributed by atoms with van der Waals surface area (Å²) in [6.07, 6.45) is 5.11. The normalized spacial score (nSPS) is 21.2. The Morgan fingerprint density at radius 3 is 2.95 bits per heavy atom. The maximum atomic E-state index is 12.5. The summed E-state index contributed by atoms with van der Waals surface area (Å²) < 4.78 is 5.05. The van der Waals surface area contributed by atoms with Gasteiger partial charge in [-0.3, -0.25) is 4.79 Å². The number of carbonyl (C=O) groups excluding carboxylic acids is 1. The third kappa shape index (κ3) is 2.21. The molecule has 0 spiro atoms. The lowest BCUT2D eigenvalue weighted by atomic mass is 9.90. The highest BCUT2D eigenvalue weighted by Gasteiger charge is 2.35. The van der Waals surface area contributed by atoms with Crippen molar-refractivity contribution < 1.29 is 9.32 Å². The molecule has 1 aromatic heterocycles. The molecule has 1 aliphatic heterocycles. The Kier molecular flexibility index (Phi) is 3.21. The van der Waals surface area contributed by atoms with Crippen molar-refractivity contribution in [1.82, 2.24) is 10.1 Å². The Hall–Kier alpha value is -2.17. The zero-order valence-electron chi connectivity index (χ0n) is 12.7. The molecule has 1 saturated heterocycles. The SMILES string of the molecule is Cc1nc(C2CC(=O)N(c3cccc4c3CCCC4)C2)no1. The van der Waals surface area contributed by atoms with Gasteiger partial charge >= 0.3 is 0 Å². The molecule has 4 rings (SSSR count). The molecule has 114 valence electrons. The number of hydrogen-bond acceptors (Lipinski definition) is 4. The molecule has 0 radical (unpaired) electrons. The van der Waals surface area contributed by atoms with Gasteiger partial charge in [-0.2, -0.15) is 4.98 Å². The predicted octanol–water partition coefficient (Wildman–Crippen LogP) is 2.78. The molecule has 1 aliphatic carbocycles.